The van der Waals surface area contributed by atoms with Gasteiger partial charge >= 0.3 is 0 Å². The number of alkyl halides is 1. The maximum atomic E-state index is 12.0. The molecule has 0 spiro atoms. The Bertz CT molecular complexity index is 409. The molecule has 0 saturated heterocycles. The van der Waals surface area contributed by atoms with E-state index in [1.165, 1.54) is 0 Å². The lowest BCUT2D eigenvalue weighted by atomic mass is 10.1. The fourth-order valence-corrected chi connectivity index (χ4v) is 1.98. The van der Waals surface area contributed by atoms with Gasteiger partial charge in [0.1, 0.15) is 0 Å². The third kappa shape index (κ3) is 4.26. The second-order valence-corrected chi connectivity index (χ2v) is 4.91. The molecule has 1 atom stereocenters. The van der Waals surface area contributed by atoms with Gasteiger partial charge in [-0.3, -0.25) is 4.79 Å². The average Bonchev–Trinajstić information content (AvgIpc) is 2.36. The zero-order valence-corrected chi connectivity index (χ0v) is 11.9. The van der Waals surface area contributed by atoms with Crippen molar-refractivity contribution in [2.24, 2.45) is 0 Å². The molecule has 0 fully saturated rings. The quantitative estimate of drug-likeness (QED) is 0.808. The van der Waals surface area contributed by atoms with Crippen LogP contribution in [0, 0.1) is 6.92 Å². The summed E-state index contributed by atoms with van der Waals surface area (Å²) in [5, 5.41) is 10.8. The molecule has 1 heterocycles. The van der Waals surface area contributed by atoms with Crippen LogP contribution in [0.5, 0.6) is 0 Å². The van der Waals surface area contributed by atoms with E-state index in [9.17, 15) is 4.79 Å². The summed E-state index contributed by atoms with van der Waals surface area (Å²) in [6.45, 7) is 6.34. The lowest BCUT2D eigenvalue weighted by molar-refractivity contribution is 0.0951. The highest BCUT2D eigenvalue weighted by molar-refractivity contribution is 6.20. The highest BCUT2D eigenvalue weighted by Crippen LogP contribution is 2.08. The van der Waals surface area contributed by atoms with Crippen molar-refractivity contribution >= 4 is 17.5 Å². The van der Waals surface area contributed by atoms with E-state index in [-0.39, 0.29) is 11.3 Å². The Kier molecular flexibility index (Phi) is 6.05. The molecule has 0 saturated carbocycles. The Hall–Kier alpha value is -1.16. The second-order valence-electron chi connectivity index (χ2n) is 4.30. The van der Waals surface area contributed by atoms with Crippen molar-refractivity contribution < 1.29 is 4.79 Å². The molecule has 0 aliphatic heterocycles. The summed E-state index contributed by atoms with van der Waals surface area (Å²) < 4.78 is 0. The van der Waals surface area contributed by atoms with Crippen molar-refractivity contribution in [2.45, 2.75) is 45.4 Å². The first kappa shape index (κ1) is 14.9. The van der Waals surface area contributed by atoms with Gasteiger partial charge in [0.2, 0.25) is 0 Å². The fraction of sp³-hybridized carbons (Fsp3) is 0.615. The number of nitrogens with one attached hydrogen (secondary N) is 1. The minimum atomic E-state index is -0.119. The number of halogens is 1. The summed E-state index contributed by atoms with van der Waals surface area (Å²) in [5.41, 5.74) is 2.07. The molecule has 4 nitrogen and oxygen atoms in total. The predicted octanol–water partition coefficient (Wildman–Crippen LogP) is 2.48. The Morgan fingerprint density at radius 1 is 1.44 bits per heavy atom. The van der Waals surface area contributed by atoms with Gasteiger partial charge in [-0.05, 0) is 25.8 Å². The molecule has 1 aromatic heterocycles. The molecule has 100 valence electrons. The lowest BCUT2D eigenvalue weighted by Crippen LogP contribution is -2.30. The van der Waals surface area contributed by atoms with E-state index in [0.717, 1.165) is 24.2 Å². The average molecular weight is 270 g/mol. The zero-order chi connectivity index (χ0) is 13.5. The first-order chi connectivity index (χ1) is 8.58. The smallest absolute Gasteiger partial charge is 0.253 e. The van der Waals surface area contributed by atoms with Gasteiger partial charge in [-0.1, -0.05) is 20.3 Å². The second kappa shape index (κ2) is 7.31. The van der Waals surface area contributed by atoms with Crippen LogP contribution in [0.1, 0.15) is 48.4 Å². The van der Waals surface area contributed by atoms with Crippen LogP contribution in [0.25, 0.3) is 0 Å². The largest absolute Gasteiger partial charge is 0.350 e. The summed E-state index contributed by atoms with van der Waals surface area (Å²) in [6.07, 6.45) is 2.60. The van der Waals surface area contributed by atoms with E-state index in [1.54, 1.807) is 6.07 Å². The fourth-order valence-electron chi connectivity index (χ4n) is 1.69. The molecule has 0 bridgehead atoms. The van der Waals surface area contributed by atoms with Gasteiger partial charge in [-0.2, -0.15) is 10.2 Å². The summed E-state index contributed by atoms with van der Waals surface area (Å²) in [6, 6.07) is 1.77. The predicted molar refractivity (Wildman–Crippen MR) is 73.0 cm³/mol. The Morgan fingerprint density at radius 3 is 2.78 bits per heavy atom. The number of aromatic nitrogens is 2. The number of hydrogen-bond acceptors (Lipinski definition) is 3. The molecule has 1 unspecified atom stereocenters. The molecule has 0 radical (unpaired) electrons. The Balaban J connectivity index is 2.68. The van der Waals surface area contributed by atoms with Crippen LogP contribution < -0.4 is 5.32 Å². The van der Waals surface area contributed by atoms with Crippen molar-refractivity contribution in [3.05, 3.63) is 23.0 Å². The molecule has 0 aliphatic carbocycles. The third-order valence-corrected chi connectivity index (χ3v) is 3.03. The number of rotatable bonds is 6. The number of amides is 1. The molecule has 1 rings (SSSR count). The van der Waals surface area contributed by atoms with Gasteiger partial charge < -0.3 is 5.32 Å². The van der Waals surface area contributed by atoms with Gasteiger partial charge in [-0.15, -0.1) is 11.6 Å². The first-order valence-corrected chi connectivity index (χ1v) is 6.77. The molecule has 1 N–H and O–H groups in total. The van der Waals surface area contributed by atoms with Crippen LogP contribution in [-0.2, 0) is 6.42 Å². The minimum absolute atomic E-state index is 0.0140. The van der Waals surface area contributed by atoms with Crippen molar-refractivity contribution in [3.63, 3.8) is 0 Å². The number of carbonyl (C=O) groups excluding carboxylic acids is 1. The van der Waals surface area contributed by atoms with Crippen LogP contribution in [0.15, 0.2) is 6.07 Å². The topological polar surface area (TPSA) is 54.9 Å². The Morgan fingerprint density at radius 2 is 2.17 bits per heavy atom. The summed E-state index contributed by atoms with van der Waals surface area (Å²) in [5.74, 6) is -0.119. The summed E-state index contributed by atoms with van der Waals surface area (Å²) in [4.78, 5) is 12.0. The minimum Gasteiger partial charge on any atom is -0.350 e. The number of hydrogen-bond donors (Lipinski definition) is 1. The first-order valence-electron chi connectivity index (χ1n) is 6.33. The number of nitrogens with zero attached hydrogens (tertiary/aromatic N) is 2. The molecule has 1 aromatic rings. The highest BCUT2D eigenvalue weighted by atomic mass is 35.5. The van der Waals surface area contributed by atoms with Crippen LogP contribution >= 0.6 is 11.6 Å². The molecule has 18 heavy (non-hydrogen) atoms. The molecule has 1 amide bonds. The van der Waals surface area contributed by atoms with E-state index in [4.69, 9.17) is 11.6 Å². The molecule has 0 aliphatic rings. The van der Waals surface area contributed by atoms with Crippen LogP contribution in [-0.4, -0.2) is 28.0 Å². The number of aryl methyl sites for hydroxylation is 2. The van der Waals surface area contributed by atoms with Crippen molar-refractivity contribution in [1.82, 2.24) is 15.5 Å². The van der Waals surface area contributed by atoms with Gasteiger partial charge in [0.15, 0.2) is 0 Å². The van der Waals surface area contributed by atoms with Crippen molar-refractivity contribution in [3.8, 4) is 0 Å². The van der Waals surface area contributed by atoms with Gasteiger partial charge in [0, 0.05) is 6.54 Å². The van der Waals surface area contributed by atoms with E-state index < -0.39 is 0 Å². The standard InChI is InChI=1S/C13H20ClN3O/c1-4-6-10(14)8-15-13(18)11-7-9(3)16-17-12(11)5-2/h7,10H,4-6,8H2,1-3H3,(H,15,18). The molecule has 0 aromatic carbocycles. The summed E-state index contributed by atoms with van der Waals surface area (Å²) >= 11 is 6.07. The third-order valence-electron chi connectivity index (χ3n) is 2.66. The van der Waals surface area contributed by atoms with E-state index in [2.05, 4.69) is 22.4 Å². The van der Waals surface area contributed by atoms with Crippen molar-refractivity contribution in [1.29, 1.82) is 0 Å². The van der Waals surface area contributed by atoms with Gasteiger partial charge in [0.05, 0.1) is 22.3 Å². The zero-order valence-electron chi connectivity index (χ0n) is 11.2. The monoisotopic (exact) mass is 269 g/mol. The van der Waals surface area contributed by atoms with Crippen LogP contribution in [0.2, 0.25) is 0 Å². The SMILES string of the molecule is CCCC(Cl)CNC(=O)c1cc(C)nnc1CC. The van der Waals surface area contributed by atoms with E-state index in [1.807, 2.05) is 13.8 Å². The van der Waals surface area contributed by atoms with Crippen LogP contribution in [0.4, 0.5) is 0 Å². The van der Waals surface area contributed by atoms with E-state index in [0.29, 0.717) is 18.5 Å². The summed E-state index contributed by atoms with van der Waals surface area (Å²) in [7, 11) is 0. The highest BCUT2D eigenvalue weighted by Gasteiger charge is 2.13. The molecule has 5 heteroatoms. The Labute approximate surface area is 113 Å². The lowest BCUT2D eigenvalue weighted by Gasteiger charge is -2.11. The molecular weight excluding hydrogens is 250 g/mol. The normalized spacial score (nSPS) is 12.2. The molecular formula is C13H20ClN3O. The van der Waals surface area contributed by atoms with Crippen LogP contribution in [0.3, 0.4) is 0 Å². The maximum absolute atomic E-state index is 12.0. The maximum Gasteiger partial charge on any atom is 0.253 e. The van der Waals surface area contributed by atoms with Gasteiger partial charge in [-0.25, -0.2) is 0 Å². The van der Waals surface area contributed by atoms with Gasteiger partial charge in [0.25, 0.3) is 5.91 Å². The number of carbonyl (C=O) groups is 1. The van der Waals surface area contributed by atoms with Crippen molar-refractivity contribution in [2.75, 3.05) is 6.54 Å². The van der Waals surface area contributed by atoms with E-state index >= 15 is 0 Å².